The first kappa shape index (κ1) is 40.1. The first-order chi connectivity index (χ1) is 25.3. The fraction of sp³-hybridized carbons (Fsp3) is 0.435. The summed E-state index contributed by atoms with van der Waals surface area (Å²) in [7, 11) is 2.16. The maximum Gasteiger partial charge on any atom is 0.225 e. The van der Waals surface area contributed by atoms with Gasteiger partial charge in [0.25, 0.3) is 0 Å². The first-order valence-electron chi connectivity index (χ1n) is 19.1. The second-order valence-corrected chi connectivity index (χ2v) is 15.8. The number of aryl methyl sites for hydroxylation is 2. The number of nitrogens with one attached hydrogen (secondary N) is 1. The van der Waals surface area contributed by atoms with E-state index in [9.17, 15) is 19.8 Å². The summed E-state index contributed by atoms with van der Waals surface area (Å²) in [6.07, 6.45) is 6.97. The number of aliphatic hydroxyl groups is 2. The van der Waals surface area contributed by atoms with Crippen LogP contribution in [0.5, 0.6) is 0 Å². The lowest BCUT2D eigenvalue weighted by Crippen LogP contribution is -2.47. The van der Waals surface area contributed by atoms with Crippen molar-refractivity contribution in [1.29, 1.82) is 0 Å². The van der Waals surface area contributed by atoms with E-state index >= 15 is 0 Å². The average molecular weight is 719 g/mol. The van der Waals surface area contributed by atoms with Crippen molar-refractivity contribution in [3.8, 4) is 0 Å². The van der Waals surface area contributed by atoms with Crippen LogP contribution >= 0.6 is 0 Å². The molecule has 5 atom stereocenters. The van der Waals surface area contributed by atoms with Gasteiger partial charge >= 0.3 is 0 Å². The van der Waals surface area contributed by atoms with Crippen LogP contribution in [0.4, 0.5) is 0 Å². The number of benzene rings is 4. The topological polar surface area (TPSA) is 99.1 Å². The molecule has 1 aliphatic heterocycles. The quantitative estimate of drug-likeness (QED) is 0.110. The largest absolute Gasteiger partial charge is 0.393 e. The highest BCUT2D eigenvalue weighted by molar-refractivity contribution is 5.79. The third-order valence-electron chi connectivity index (χ3n) is 10.7. The molecule has 1 heterocycles. The number of nitrogens with zero attached hydrogens (tertiary/aromatic N) is 1. The molecule has 53 heavy (non-hydrogen) atoms. The molecule has 3 aliphatic rings. The molecule has 0 radical (unpaired) electrons. The van der Waals surface area contributed by atoms with E-state index in [1.54, 1.807) is 11.1 Å². The molecule has 3 unspecified atom stereocenters. The zero-order valence-electron chi connectivity index (χ0n) is 32.1. The Hall–Kier alpha value is -4.14. The van der Waals surface area contributed by atoms with Crippen LogP contribution in [0.1, 0.15) is 86.4 Å². The van der Waals surface area contributed by atoms with E-state index in [1.165, 1.54) is 44.2 Å². The van der Waals surface area contributed by atoms with Gasteiger partial charge in [0.2, 0.25) is 5.91 Å². The maximum absolute atomic E-state index is 12.7. The Morgan fingerprint density at radius 3 is 1.94 bits per heavy atom. The van der Waals surface area contributed by atoms with Crippen molar-refractivity contribution in [2.24, 2.45) is 11.8 Å². The van der Waals surface area contributed by atoms with Crippen molar-refractivity contribution in [1.82, 2.24) is 10.2 Å². The standard InChI is InChI=1S/C24H31NO4.C13H17NO.C9H10/c1-24(2,29)25-23(28)21(14-19-11-7-4-8-12-19)16-22(27)15-20(17-26)13-18-9-5-3-6-10-18;1-13(2)14(3)12-10-7-5-4-6-9(10)8-11(12)15-13;1-2-5-9-7-3-6-8(9)4-1/h3-12,17,20-22,27,29H,13-16H2,1-2H3,(H,25,28);4-7,11-12H,8H2,1-3H3;1-2,4-5H,3,6-7H2/t;11-,12+;/m.1./s1. The molecule has 282 valence electrons. The molecule has 2 aliphatic carbocycles. The molecule has 0 bridgehead atoms. The molecule has 4 aromatic carbocycles. The van der Waals surface area contributed by atoms with Gasteiger partial charge in [-0.1, -0.05) is 109 Å². The van der Waals surface area contributed by atoms with Gasteiger partial charge in [-0.05, 0) is 113 Å². The lowest BCUT2D eigenvalue weighted by Gasteiger charge is -2.29. The number of fused-ring (bicyclic) bond motifs is 4. The third-order valence-corrected chi connectivity index (χ3v) is 10.7. The van der Waals surface area contributed by atoms with Crippen LogP contribution in [-0.4, -0.2) is 58.0 Å². The maximum atomic E-state index is 12.7. The van der Waals surface area contributed by atoms with Crippen LogP contribution in [0.3, 0.4) is 0 Å². The summed E-state index contributed by atoms with van der Waals surface area (Å²) in [6, 6.07) is 37.1. The lowest BCUT2D eigenvalue weighted by molar-refractivity contribution is -0.132. The van der Waals surface area contributed by atoms with Gasteiger partial charge in [0, 0.05) is 18.3 Å². The molecule has 7 heteroatoms. The zero-order valence-corrected chi connectivity index (χ0v) is 32.1. The summed E-state index contributed by atoms with van der Waals surface area (Å²) in [4.78, 5) is 26.6. The molecule has 1 amide bonds. The van der Waals surface area contributed by atoms with Crippen molar-refractivity contribution < 1.29 is 24.5 Å². The van der Waals surface area contributed by atoms with Crippen molar-refractivity contribution in [3.05, 3.63) is 143 Å². The highest BCUT2D eigenvalue weighted by Gasteiger charge is 2.49. The minimum absolute atomic E-state index is 0.122. The molecule has 0 spiro atoms. The summed E-state index contributed by atoms with van der Waals surface area (Å²) >= 11 is 0. The Balaban J connectivity index is 0.000000183. The molecule has 0 aromatic heterocycles. The van der Waals surface area contributed by atoms with Gasteiger partial charge in [-0.15, -0.1) is 0 Å². The summed E-state index contributed by atoms with van der Waals surface area (Å²) < 4.78 is 6.09. The van der Waals surface area contributed by atoms with Gasteiger partial charge < -0.3 is 25.1 Å². The summed E-state index contributed by atoms with van der Waals surface area (Å²) in [5.41, 5.74) is 6.60. The normalized spacial score (nSPS) is 19.9. The molecule has 3 N–H and O–H groups in total. The number of rotatable bonds is 11. The van der Waals surface area contributed by atoms with Crippen LogP contribution in [0.15, 0.2) is 109 Å². The fourth-order valence-electron chi connectivity index (χ4n) is 7.87. The summed E-state index contributed by atoms with van der Waals surface area (Å²) in [5, 5.41) is 23.2. The number of hydrogen-bond acceptors (Lipinski definition) is 6. The van der Waals surface area contributed by atoms with Crippen LogP contribution in [0.25, 0.3) is 0 Å². The Morgan fingerprint density at radius 2 is 1.38 bits per heavy atom. The fourth-order valence-corrected chi connectivity index (χ4v) is 7.87. The van der Waals surface area contributed by atoms with Gasteiger partial charge in [-0.2, -0.15) is 0 Å². The molecule has 4 aromatic rings. The number of carbonyl (C=O) groups excluding carboxylic acids is 2. The number of aldehydes is 1. The first-order valence-corrected chi connectivity index (χ1v) is 19.1. The number of hydrogen-bond donors (Lipinski definition) is 3. The number of aliphatic hydroxyl groups excluding tert-OH is 1. The average Bonchev–Trinajstić information content (AvgIpc) is 3.81. The van der Waals surface area contributed by atoms with Crippen molar-refractivity contribution in [3.63, 3.8) is 0 Å². The number of amides is 1. The van der Waals surface area contributed by atoms with E-state index in [1.807, 2.05) is 60.7 Å². The van der Waals surface area contributed by atoms with Gasteiger partial charge in [0.05, 0.1) is 18.2 Å². The Kier molecular flexibility index (Phi) is 13.8. The summed E-state index contributed by atoms with van der Waals surface area (Å²) in [5.74, 6) is -1.14. The van der Waals surface area contributed by atoms with Gasteiger partial charge in [0.1, 0.15) is 17.7 Å². The lowest BCUT2D eigenvalue weighted by atomic mass is 9.87. The van der Waals surface area contributed by atoms with E-state index in [0.717, 1.165) is 23.8 Å². The monoisotopic (exact) mass is 718 g/mol. The second kappa shape index (κ2) is 18.3. The van der Waals surface area contributed by atoms with E-state index < -0.39 is 17.7 Å². The minimum Gasteiger partial charge on any atom is -0.393 e. The smallest absolute Gasteiger partial charge is 0.225 e. The molecule has 1 fully saturated rings. The molecule has 0 saturated carbocycles. The van der Waals surface area contributed by atoms with Crippen molar-refractivity contribution in [2.45, 2.75) is 109 Å². The Labute approximate surface area is 316 Å². The number of likely N-dealkylation sites (N-methyl/N-ethyl adjacent to an activating group) is 1. The molecule has 1 saturated heterocycles. The molecular formula is C46H58N2O5. The van der Waals surface area contributed by atoms with Crippen LogP contribution < -0.4 is 5.32 Å². The molecule has 7 nitrogen and oxygen atoms in total. The van der Waals surface area contributed by atoms with Gasteiger partial charge in [-0.25, -0.2) is 0 Å². The predicted molar refractivity (Wildman–Crippen MR) is 211 cm³/mol. The highest BCUT2D eigenvalue weighted by Crippen LogP contribution is 2.46. The van der Waals surface area contributed by atoms with Crippen molar-refractivity contribution >= 4 is 12.2 Å². The second-order valence-electron chi connectivity index (χ2n) is 15.8. The zero-order chi connectivity index (χ0) is 38.0. The van der Waals surface area contributed by atoms with Gasteiger partial charge in [-0.3, -0.25) is 9.69 Å². The Morgan fingerprint density at radius 1 is 0.849 bits per heavy atom. The van der Waals surface area contributed by atoms with Crippen LogP contribution in [0.2, 0.25) is 0 Å². The van der Waals surface area contributed by atoms with E-state index in [-0.39, 0.29) is 24.0 Å². The van der Waals surface area contributed by atoms with E-state index in [4.69, 9.17) is 4.74 Å². The van der Waals surface area contributed by atoms with E-state index in [0.29, 0.717) is 31.4 Å². The van der Waals surface area contributed by atoms with Crippen molar-refractivity contribution in [2.75, 3.05) is 7.05 Å². The minimum atomic E-state index is -1.34. The van der Waals surface area contributed by atoms with Gasteiger partial charge in [0.15, 0.2) is 0 Å². The predicted octanol–water partition coefficient (Wildman–Crippen LogP) is 7.41. The number of ether oxygens (including phenoxy) is 1. The molecular weight excluding hydrogens is 661 g/mol. The molecule has 7 rings (SSSR count). The van der Waals surface area contributed by atoms with Crippen LogP contribution in [0, 0.1) is 11.8 Å². The third kappa shape index (κ3) is 11.4. The Bertz CT molecular complexity index is 1730. The SMILES string of the molecule is CC(C)(O)NC(=O)C(Cc1ccccc1)CC(O)CC(C=O)Cc1ccccc1.CN1[C@H]2c3ccccc3C[C@H]2OC1(C)C.c1ccc2c(c1)CCC2. The van der Waals surface area contributed by atoms with E-state index in [2.05, 4.69) is 79.6 Å². The van der Waals surface area contributed by atoms with Crippen LogP contribution in [-0.2, 0) is 46.4 Å². The summed E-state index contributed by atoms with van der Waals surface area (Å²) in [6.45, 7) is 7.30. The number of carbonyl (C=O) groups is 2. The highest BCUT2D eigenvalue weighted by atomic mass is 16.5.